The molecule has 1 aliphatic rings. The van der Waals surface area contributed by atoms with Crippen LogP contribution in [0.25, 0.3) is 0 Å². The topological polar surface area (TPSA) is 70.7 Å². The van der Waals surface area contributed by atoms with Crippen molar-refractivity contribution in [2.45, 2.75) is 20.0 Å². The molecule has 6 heteroatoms. The molecule has 2 N–H and O–H groups in total. The van der Waals surface area contributed by atoms with Gasteiger partial charge in [0.25, 0.3) is 0 Å². The van der Waals surface area contributed by atoms with Gasteiger partial charge in [0.2, 0.25) is 0 Å². The minimum atomic E-state index is -0.389. The number of hydrogen-bond donors (Lipinski definition) is 2. The number of ether oxygens (including phenoxy) is 1. The molecule has 6 nitrogen and oxygen atoms in total. The summed E-state index contributed by atoms with van der Waals surface area (Å²) >= 11 is 0. The minimum absolute atomic E-state index is 0.256. The number of rotatable bonds is 4. The van der Waals surface area contributed by atoms with E-state index in [0.29, 0.717) is 12.2 Å². The zero-order valence-corrected chi connectivity index (χ0v) is 14.3. The highest BCUT2D eigenvalue weighted by atomic mass is 16.6. The number of nitrogens with one attached hydrogen (secondary N) is 2. The van der Waals surface area contributed by atoms with Crippen LogP contribution in [0.15, 0.2) is 48.5 Å². The van der Waals surface area contributed by atoms with Gasteiger partial charge in [-0.2, -0.15) is 0 Å². The third-order valence-electron chi connectivity index (χ3n) is 3.91. The van der Waals surface area contributed by atoms with Crippen LogP contribution in [0.1, 0.15) is 11.1 Å². The number of nitrogens with zero attached hydrogens (tertiary/aromatic N) is 1. The van der Waals surface area contributed by atoms with Crippen LogP contribution < -0.4 is 15.5 Å². The van der Waals surface area contributed by atoms with Crippen LogP contribution in [0.2, 0.25) is 0 Å². The summed E-state index contributed by atoms with van der Waals surface area (Å²) in [5, 5.41) is 5.47. The molecule has 0 aliphatic carbocycles. The van der Waals surface area contributed by atoms with Crippen LogP contribution in [-0.2, 0) is 4.74 Å². The fraction of sp³-hybridized carbons (Fsp3) is 0.263. The maximum Gasteiger partial charge on any atom is 0.414 e. The van der Waals surface area contributed by atoms with Crippen LogP contribution in [0.4, 0.5) is 21.0 Å². The molecule has 1 aliphatic heterocycles. The van der Waals surface area contributed by atoms with Gasteiger partial charge in [-0.05, 0) is 49.2 Å². The maximum absolute atomic E-state index is 12.1. The molecular formula is C19H21N3O3. The van der Waals surface area contributed by atoms with E-state index in [4.69, 9.17) is 4.74 Å². The fourth-order valence-corrected chi connectivity index (χ4v) is 2.85. The first-order valence-electron chi connectivity index (χ1n) is 8.17. The quantitative estimate of drug-likeness (QED) is 0.896. The molecule has 1 saturated heterocycles. The van der Waals surface area contributed by atoms with Crippen molar-refractivity contribution >= 4 is 23.5 Å². The van der Waals surface area contributed by atoms with Gasteiger partial charge >= 0.3 is 12.1 Å². The second kappa shape index (κ2) is 7.25. The molecule has 3 amide bonds. The number of carbonyl (C=O) groups excluding carboxylic acids is 2. The Kier molecular flexibility index (Phi) is 4.88. The molecule has 1 atom stereocenters. The number of para-hydroxylation sites is 1. The van der Waals surface area contributed by atoms with E-state index in [9.17, 15) is 9.59 Å². The zero-order chi connectivity index (χ0) is 17.8. The molecule has 0 aromatic heterocycles. The van der Waals surface area contributed by atoms with Crippen molar-refractivity contribution in [3.05, 3.63) is 59.7 Å². The van der Waals surface area contributed by atoms with Gasteiger partial charge in [-0.1, -0.05) is 24.3 Å². The van der Waals surface area contributed by atoms with Crippen molar-refractivity contribution in [1.82, 2.24) is 5.32 Å². The second-order valence-electron chi connectivity index (χ2n) is 6.16. The lowest BCUT2D eigenvalue weighted by atomic mass is 10.1. The summed E-state index contributed by atoms with van der Waals surface area (Å²) in [7, 11) is 0. The van der Waals surface area contributed by atoms with Gasteiger partial charge in [-0.25, -0.2) is 9.59 Å². The smallest absolute Gasteiger partial charge is 0.414 e. The van der Waals surface area contributed by atoms with E-state index >= 15 is 0 Å². The van der Waals surface area contributed by atoms with Crippen molar-refractivity contribution in [2.75, 3.05) is 23.3 Å². The Morgan fingerprint density at radius 2 is 1.84 bits per heavy atom. The Balaban J connectivity index is 1.55. The Labute approximate surface area is 146 Å². The second-order valence-corrected chi connectivity index (χ2v) is 6.16. The van der Waals surface area contributed by atoms with Gasteiger partial charge in [0, 0.05) is 11.4 Å². The fourth-order valence-electron chi connectivity index (χ4n) is 2.85. The lowest BCUT2D eigenvalue weighted by Crippen LogP contribution is -2.37. The summed E-state index contributed by atoms with van der Waals surface area (Å²) in [6, 6.07) is 14.8. The third-order valence-corrected chi connectivity index (χ3v) is 3.91. The van der Waals surface area contributed by atoms with E-state index in [0.717, 1.165) is 16.8 Å². The lowest BCUT2D eigenvalue weighted by molar-refractivity contribution is 0.141. The molecule has 0 bridgehead atoms. The Bertz CT molecular complexity index is 756. The van der Waals surface area contributed by atoms with Crippen molar-refractivity contribution in [1.29, 1.82) is 0 Å². The summed E-state index contributed by atoms with van der Waals surface area (Å²) in [5.41, 5.74) is 3.71. The Morgan fingerprint density at radius 1 is 1.16 bits per heavy atom. The number of cyclic esters (lactones) is 1. The third kappa shape index (κ3) is 4.29. The normalized spacial score (nSPS) is 16.5. The monoisotopic (exact) mass is 339 g/mol. The van der Waals surface area contributed by atoms with E-state index in [1.54, 1.807) is 17.0 Å². The van der Waals surface area contributed by atoms with Gasteiger partial charge < -0.3 is 15.4 Å². The van der Waals surface area contributed by atoms with Gasteiger partial charge in [-0.3, -0.25) is 4.90 Å². The van der Waals surface area contributed by atoms with E-state index in [1.807, 2.05) is 44.2 Å². The number of amides is 3. The first-order valence-corrected chi connectivity index (χ1v) is 8.17. The SMILES string of the molecule is Cc1cc(C)cc(N2CC(CNC(=O)Nc3ccccc3)OC2=O)c1. The van der Waals surface area contributed by atoms with Crippen LogP contribution in [0.3, 0.4) is 0 Å². The van der Waals surface area contributed by atoms with Gasteiger partial charge in [0.1, 0.15) is 6.10 Å². The predicted octanol–water partition coefficient (Wildman–Crippen LogP) is 3.45. The molecule has 0 radical (unpaired) electrons. The van der Waals surface area contributed by atoms with Crippen LogP contribution in [0, 0.1) is 13.8 Å². The average molecular weight is 339 g/mol. The average Bonchev–Trinajstić information content (AvgIpc) is 2.94. The number of hydrogen-bond acceptors (Lipinski definition) is 3. The van der Waals surface area contributed by atoms with E-state index < -0.39 is 0 Å². The van der Waals surface area contributed by atoms with Crippen molar-refractivity contribution in [2.24, 2.45) is 0 Å². The first-order chi connectivity index (χ1) is 12.0. The van der Waals surface area contributed by atoms with E-state index in [1.165, 1.54) is 0 Å². The Morgan fingerprint density at radius 3 is 2.52 bits per heavy atom. The highest BCUT2D eigenvalue weighted by Gasteiger charge is 2.32. The molecule has 1 fully saturated rings. The first kappa shape index (κ1) is 16.8. The van der Waals surface area contributed by atoms with Crippen LogP contribution in [0.5, 0.6) is 0 Å². The maximum atomic E-state index is 12.1. The molecule has 0 saturated carbocycles. The summed E-state index contributed by atoms with van der Waals surface area (Å²) in [6.07, 6.45) is -0.768. The number of anilines is 2. The molecule has 25 heavy (non-hydrogen) atoms. The molecular weight excluding hydrogens is 318 g/mol. The number of urea groups is 1. The molecule has 0 spiro atoms. The minimum Gasteiger partial charge on any atom is -0.442 e. The lowest BCUT2D eigenvalue weighted by Gasteiger charge is -2.15. The molecule has 2 aromatic carbocycles. The summed E-state index contributed by atoms with van der Waals surface area (Å²) in [6.45, 7) is 4.65. The van der Waals surface area contributed by atoms with Gasteiger partial charge in [0.15, 0.2) is 0 Å². The van der Waals surface area contributed by atoms with Crippen molar-refractivity contribution in [3.8, 4) is 0 Å². The summed E-state index contributed by atoms with van der Waals surface area (Å²) < 4.78 is 5.35. The summed E-state index contributed by atoms with van der Waals surface area (Å²) in [5.74, 6) is 0. The largest absolute Gasteiger partial charge is 0.442 e. The van der Waals surface area contributed by atoms with Crippen LogP contribution in [-0.4, -0.2) is 31.3 Å². The van der Waals surface area contributed by atoms with E-state index in [2.05, 4.69) is 16.7 Å². The molecule has 130 valence electrons. The van der Waals surface area contributed by atoms with E-state index in [-0.39, 0.29) is 24.8 Å². The van der Waals surface area contributed by atoms with Gasteiger partial charge in [-0.15, -0.1) is 0 Å². The van der Waals surface area contributed by atoms with Crippen LogP contribution >= 0.6 is 0 Å². The highest BCUT2D eigenvalue weighted by Crippen LogP contribution is 2.24. The Hall–Kier alpha value is -3.02. The number of carbonyl (C=O) groups is 2. The summed E-state index contributed by atoms with van der Waals surface area (Å²) in [4.78, 5) is 25.6. The molecule has 2 aromatic rings. The number of benzene rings is 2. The predicted molar refractivity (Wildman–Crippen MR) is 97.0 cm³/mol. The molecule has 1 unspecified atom stereocenters. The molecule has 1 heterocycles. The van der Waals surface area contributed by atoms with Crippen molar-refractivity contribution in [3.63, 3.8) is 0 Å². The highest BCUT2D eigenvalue weighted by molar-refractivity contribution is 5.91. The van der Waals surface area contributed by atoms with Crippen molar-refractivity contribution < 1.29 is 14.3 Å². The zero-order valence-electron chi connectivity index (χ0n) is 14.3. The molecule has 3 rings (SSSR count). The standard InChI is InChI=1S/C19H21N3O3/c1-13-8-14(2)10-16(9-13)22-12-17(25-19(22)24)11-20-18(23)21-15-6-4-3-5-7-15/h3-10,17H,11-12H2,1-2H3,(H2,20,21,23). The van der Waals surface area contributed by atoms with Gasteiger partial charge in [0.05, 0.1) is 13.1 Å². The number of aryl methyl sites for hydroxylation is 2.